The normalized spacial score (nSPS) is 13.1. The van der Waals surface area contributed by atoms with E-state index in [4.69, 9.17) is 5.73 Å². The standard InChI is InChI=1S/C11H12F3NO2S/c1-7(10(15)16)18-6-8-2-4-9(5-3-8)17-11(12,13)14/h2-5,7H,6H2,1H3,(H2,15,16). The smallest absolute Gasteiger partial charge is 0.406 e. The van der Waals surface area contributed by atoms with E-state index in [1.54, 1.807) is 6.92 Å². The maximum absolute atomic E-state index is 11.9. The zero-order valence-electron chi connectivity index (χ0n) is 9.53. The Hall–Kier alpha value is -1.37. The van der Waals surface area contributed by atoms with E-state index in [2.05, 4.69) is 4.74 Å². The predicted octanol–water partition coefficient (Wildman–Crippen LogP) is 2.69. The molecule has 1 atom stereocenters. The average molecular weight is 279 g/mol. The molecule has 0 aliphatic rings. The summed E-state index contributed by atoms with van der Waals surface area (Å²) in [5.41, 5.74) is 5.88. The van der Waals surface area contributed by atoms with Crippen molar-refractivity contribution in [2.45, 2.75) is 24.3 Å². The third-order valence-corrected chi connectivity index (χ3v) is 3.29. The molecule has 0 bridgehead atoms. The molecule has 0 aliphatic carbocycles. The SMILES string of the molecule is CC(SCc1ccc(OC(F)(F)F)cc1)C(N)=O. The lowest BCUT2D eigenvalue weighted by molar-refractivity contribution is -0.274. The first-order chi connectivity index (χ1) is 8.28. The highest BCUT2D eigenvalue weighted by atomic mass is 32.2. The van der Waals surface area contributed by atoms with E-state index in [9.17, 15) is 18.0 Å². The molecule has 0 saturated carbocycles. The van der Waals surface area contributed by atoms with Gasteiger partial charge in [-0.25, -0.2) is 0 Å². The van der Waals surface area contributed by atoms with Gasteiger partial charge in [0.05, 0.1) is 5.25 Å². The lowest BCUT2D eigenvalue weighted by atomic mass is 10.2. The highest BCUT2D eigenvalue weighted by Crippen LogP contribution is 2.24. The molecule has 0 aromatic heterocycles. The van der Waals surface area contributed by atoms with Crippen LogP contribution in [0.1, 0.15) is 12.5 Å². The van der Waals surface area contributed by atoms with Crippen molar-refractivity contribution in [3.63, 3.8) is 0 Å². The number of hydrogen-bond acceptors (Lipinski definition) is 3. The Labute approximate surface area is 106 Å². The van der Waals surface area contributed by atoms with Crippen LogP contribution >= 0.6 is 11.8 Å². The molecule has 1 rings (SSSR count). The van der Waals surface area contributed by atoms with E-state index in [1.807, 2.05) is 0 Å². The fourth-order valence-electron chi connectivity index (χ4n) is 1.09. The Morgan fingerprint density at radius 1 is 1.39 bits per heavy atom. The van der Waals surface area contributed by atoms with E-state index < -0.39 is 12.3 Å². The van der Waals surface area contributed by atoms with Crippen molar-refractivity contribution >= 4 is 17.7 Å². The molecule has 1 aromatic rings. The first-order valence-corrected chi connectivity index (χ1v) is 6.08. The van der Waals surface area contributed by atoms with Crippen molar-refractivity contribution in [2.75, 3.05) is 0 Å². The molecule has 0 spiro atoms. The van der Waals surface area contributed by atoms with Gasteiger partial charge < -0.3 is 10.5 Å². The number of thioether (sulfide) groups is 1. The van der Waals surface area contributed by atoms with Gasteiger partial charge in [0.15, 0.2) is 0 Å². The van der Waals surface area contributed by atoms with Crippen LogP contribution in [0.15, 0.2) is 24.3 Å². The molecule has 1 amide bonds. The number of rotatable bonds is 5. The zero-order valence-corrected chi connectivity index (χ0v) is 10.3. The molecule has 2 N–H and O–H groups in total. The van der Waals surface area contributed by atoms with Gasteiger partial charge in [-0.2, -0.15) is 0 Å². The number of halogens is 3. The number of benzene rings is 1. The number of hydrogen-bond donors (Lipinski definition) is 1. The lowest BCUT2D eigenvalue weighted by Crippen LogP contribution is -2.22. The first kappa shape index (κ1) is 14.7. The van der Waals surface area contributed by atoms with Gasteiger partial charge in [0.2, 0.25) is 5.91 Å². The quantitative estimate of drug-likeness (QED) is 0.901. The van der Waals surface area contributed by atoms with Crippen molar-refractivity contribution in [3.8, 4) is 5.75 Å². The maximum Gasteiger partial charge on any atom is 0.573 e. The molecule has 0 heterocycles. The van der Waals surface area contributed by atoms with Crippen LogP contribution in [0.3, 0.4) is 0 Å². The van der Waals surface area contributed by atoms with E-state index in [1.165, 1.54) is 36.0 Å². The second kappa shape index (κ2) is 5.99. The highest BCUT2D eigenvalue weighted by molar-refractivity contribution is 7.99. The summed E-state index contributed by atoms with van der Waals surface area (Å²) in [4.78, 5) is 10.8. The summed E-state index contributed by atoms with van der Waals surface area (Å²) in [6.45, 7) is 1.67. The number of nitrogens with two attached hydrogens (primary N) is 1. The molecule has 0 fully saturated rings. The van der Waals surface area contributed by atoms with Crippen molar-refractivity contribution in [1.29, 1.82) is 0 Å². The monoisotopic (exact) mass is 279 g/mol. The predicted molar refractivity (Wildman–Crippen MR) is 63.1 cm³/mol. The molecule has 7 heteroatoms. The van der Waals surface area contributed by atoms with Gasteiger partial charge >= 0.3 is 6.36 Å². The maximum atomic E-state index is 11.9. The molecule has 3 nitrogen and oxygen atoms in total. The molecule has 0 saturated heterocycles. The minimum Gasteiger partial charge on any atom is -0.406 e. The van der Waals surface area contributed by atoms with Crippen LogP contribution in [-0.2, 0) is 10.5 Å². The number of amides is 1. The summed E-state index contributed by atoms with van der Waals surface area (Å²) in [6, 6.07) is 5.50. The van der Waals surface area contributed by atoms with Crippen molar-refractivity contribution in [1.82, 2.24) is 0 Å². The Balaban J connectivity index is 2.53. The number of ether oxygens (including phenoxy) is 1. The van der Waals surface area contributed by atoms with Crippen molar-refractivity contribution < 1.29 is 22.7 Å². The Morgan fingerprint density at radius 3 is 2.39 bits per heavy atom. The summed E-state index contributed by atoms with van der Waals surface area (Å²) >= 11 is 1.32. The van der Waals surface area contributed by atoms with Crippen molar-refractivity contribution in [3.05, 3.63) is 29.8 Å². The van der Waals surface area contributed by atoms with E-state index >= 15 is 0 Å². The third-order valence-electron chi connectivity index (χ3n) is 2.06. The molecular weight excluding hydrogens is 267 g/mol. The molecule has 1 aromatic carbocycles. The van der Waals surface area contributed by atoms with Crippen LogP contribution in [0, 0.1) is 0 Å². The number of carbonyl (C=O) groups excluding carboxylic acids is 1. The van der Waals surface area contributed by atoms with Crippen LogP contribution in [0.5, 0.6) is 5.75 Å². The van der Waals surface area contributed by atoms with Gasteiger partial charge in [-0.1, -0.05) is 12.1 Å². The first-order valence-electron chi connectivity index (χ1n) is 5.03. The van der Waals surface area contributed by atoms with Gasteiger partial charge in [-0.15, -0.1) is 24.9 Å². The van der Waals surface area contributed by atoms with Crippen LogP contribution in [0.2, 0.25) is 0 Å². The molecule has 1 unspecified atom stereocenters. The number of primary amides is 1. The van der Waals surface area contributed by atoms with Crippen LogP contribution < -0.4 is 10.5 Å². The lowest BCUT2D eigenvalue weighted by Gasteiger charge is -2.10. The highest BCUT2D eigenvalue weighted by Gasteiger charge is 2.30. The minimum absolute atomic E-state index is 0.265. The topological polar surface area (TPSA) is 52.3 Å². The summed E-state index contributed by atoms with van der Waals surface area (Å²) in [7, 11) is 0. The van der Waals surface area contributed by atoms with E-state index in [0.29, 0.717) is 5.75 Å². The summed E-state index contributed by atoms with van der Waals surface area (Å²) < 4.78 is 39.5. The van der Waals surface area contributed by atoms with Gasteiger partial charge in [-0.05, 0) is 24.6 Å². The van der Waals surface area contributed by atoms with Gasteiger partial charge in [0.25, 0.3) is 0 Å². The molecule has 0 radical (unpaired) electrons. The molecular formula is C11H12F3NO2S. The Bertz CT molecular complexity index is 406. The van der Waals surface area contributed by atoms with Crippen LogP contribution in [0.25, 0.3) is 0 Å². The van der Waals surface area contributed by atoms with E-state index in [-0.39, 0.29) is 11.0 Å². The summed E-state index contributed by atoms with van der Waals surface area (Å²) in [5.74, 6) is -0.188. The third kappa shape index (κ3) is 5.31. The fourth-order valence-corrected chi connectivity index (χ4v) is 1.89. The zero-order chi connectivity index (χ0) is 13.8. The molecule has 0 aliphatic heterocycles. The van der Waals surface area contributed by atoms with Gasteiger partial charge in [0.1, 0.15) is 5.75 Å². The van der Waals surface area contributed by atoms with Crippen molar-refractivity contribution in [2.24, 2.45) is 5.73 Å². The van der Waals surface area contributed by atoms with Gasteiger partial charge in [0, 0.05) is 5.75 Å². The van der Waals surface area contributed by atoms with Gasteiger partial charge in [-0.3, -0.25) is 4.79 Å². The molecule has 18 heavy (non-hydrogen) atoms. The average Bonchev–Trinajstić information content (AvgIpc) is 2.25. The summed E-state index contributed by atoms with van der Waals surface area (Å²) in [5, 5.41) is -0.337. The molecule has 100 valence electrons. The second-order valence-electron chi connectivity index (χ2n) is 3.55. The van der Waals surface area contributed by atoms with E-state index in [0.717, 1.165) is 5.56 Å². The Kier molecular flexibility index (Phi) is 4.89. The number of alkyl halides is 3. The van der Waals surface area contributed by atoms with Crippen LogP contribution in [-0.4, -0.2) is 17.5 Å². The largest absolute Gasteiger partial charge is 0.573 e. The number of carbonyl (C=O) groups is 1. The summed E-state index contributed by atoms with van der Waals surface area (Å²) in [6.07, 6.45) is -4.68. The fraction of sp³-hybridized carbons (Fsp3) is 0.364. The Morgan fingerprint density at radius 2 is 1.94 bits per heavy atom. The van der Waals surface area contributed by atoms with Crippen LogP contribution in [0.4, 0.5) is 13.2 Å². The second-order valence-corrected chi connectivity index (χ2v) is 4.88. The minimum atomic E-state index is -4.68.